The summed E-state index contributed by atoms with van der Waals surface area (Å²) in [6.07, 6.45) is 2.12. The minimum atomic E-state index is -0.427. The van der Waals surface area contributed by atoms with Gasteiger partial charge in [0, 0.05) is 12.3 Å². The van der Waals surface area contributed by atoms with Gasteiger partial charge in [-0.15, -0.1) is 0 Å². The average molecular weight is 319 g/mol. The number of Topliss-reactive ketones (excluding diaryl/α,β-unsaturated/α-hetero) is 1. The highest BCUT2D eigenvalue weighted by atomic mass is 16.2. The van der Waals surface area contributed by atoms with Crippen molar-refractivity contribution in [1.82, 2.24) is 0 Å². The summed E-state index contributed by atoms with van der Waals surface area (Å²) in [4.78, 5) is 39.5. The fourth-order valence-corrected chi connectivity index (χ4v) is 4.95. The molecular weight excluding hydrogens is 302 g/mol. The highest BCUT2D eigenvalue weighted by Crippen LogP contribution is 2.52. The Hall–Kier alpha value is -2.49. The summed E-state index contributed by atoms with van der Waals surface area (Å²) in [6.45, 7) is 0. The molecule has 2 amide bonds. The Bertz CT molecular complexity index is 903. The summed E-state index contributed by atoms with van der Waals surface area (Å²) >= 11 is 0. The topological polar surface area (TPSA) is 54.5 Å². The highest BCUT2D eigenvalue weighted by Gasteiger charge is 2.60. The van der Waals surface area contributed by atoms with Gasteiger partial charge in [-0.05, 0) is 41.7 Å². The number of ketones is 1. The lowest BCUT2D eigenvalue weighted by atomic mass is 9.59. The second-order valence-corrected chi connectivity index (χ2v) is 7.21. The molecule has 2 bridgehead atoms. The van der Waals surface area contributed by atoms with Gasteiger partial charge in [-0.2, -0.15) is 0 Å². The summed E-state index contributed by atoms with van der Waals surface area (Å²) in [5.74, 6) is -1.03. The van der Waals surface area contributed by atoms with Crippen LogP contribution in [-0.4, -0.2) is 17.6 Å². The Labute approximate surface area is 139 Å². The van der Waals surface area contributed by atoms with Gasteiger partial charge in [0.2, 0.25) is 11.8 Å². The van der Waals surface area contributed by atoms with Crippen LogP contribution in [0.3, 0.4) is 0 Å². The predicted octanol–water partition coefficient (Wildman–Crippen LogP) is 2.94. The first-order valence-corrected chi connectivity index (χ1v) is 8.54. The average Bonchev–Trinajstić information content (AvgIpc) is 2.88. The Morgan fingerprint density at radius 3 is 2.38 bits per heavy atom. The number of imide groups is 1. The zero-order chi connectivity index (χ0) is 16.4. The number of carbonyl (C=O) groups is 3. The van der Waals surface area contributed by atoms with Gasteiger partial charge in [-0.1, -0.05) is 30.3 Å². The molecule has 2 aromatic carbocycles. The standard InChI is InChI=1S/C20H17NO3/c22-16-10-13-6-8-15(16)18-17(13)19(23)21(20(18)24)14-7-5-11-3-1-2-4-12(11)9-14/h1-5,7,9,13,15,17-18H,6,8,10H2/t13-,15+,17+,18-/m0/s1. The lowest BCUT2D eigenvalue weighted by Gasteiger charge is -2.41. The quantitative estimate of drug-likeness (QED) is 0.759. The first kappa shape index (κ1) is 13.9. The van der Waals surface area contributed by atoms with Crippen LogP contribution in [-0.2, 0) is 14.4 Å². The lowest BCUT2D eigenvalue weighted by Crippen LogP contribution is -2.46. The van der Waals surface area contributed by atoms with E-state index in [1.807, 2.05) is 42.5 Å². The maximum absolute atomic E-state index is 13.0. The monoisotopic (exact) mass is 319 g/mol. The van der Waals surface area contributed by atoms with Gasteiger partial charge in [0.1, 0.15) is 5.78 Å². The van der Waals surface area contributed by atoms with E-state index in [1.54, 1.807) is 0 Å². The largest absolute Gasteiger partial charge is 0.299 e. The Kier molecular flexibility index (Phi) is 2.76. The Morgan fingerprint density at radius 1 is 0.833 bits per heavy atom. The van der Waals surface area contributed by atoms with Crippen molar-refractivity contribution in [2.75, 3.05) is 4.90 Å². The van der Waals surface area contributed by atoms with Crippen LogP contribution in [0.25, 0.3) is 10.8 Å². The molecule has 3 saturated carbocycles. The van der Waals surface area contributed by atoms with Crippen molar-refractivity contribution in [2.24, 2.45) is 23.7 Å². The third-order valence-corrected chi connectivity index (χ3v) is 6.06. The number of hydrogen-bond donors (Lipinski definition) is 0. The van der Waals surface area contributed by atoms with Gasteiger partial charge in [0.15, 0.2) is 0 Å². The van der Waals surface area contributed by atoms with Crippen LogP contribution in [0.4, 0.5) is 5.69 Å². The third kappa shape index (κ3) is 1.71. The number of benzene rings is 2. The maximum Gasteiger partial charge on any atom is 0.238 e. The third-order valence-electron chi connectivity index (χ3n) is 6.06. The molecule has 0 spiro atoms. The highest BCUT2D eigenvalue weighted by molar-refractivity contribution is 6.24. The lowest BCUT2D eigenvalue weighted by molar-refractivity contribution is -0.143. The zero-order valence-electron chi connectivity index (χ0n) is 13.1. The van der Waals surface area contributed by atoms with Crippen molar-refractivity contribution in [3.63, 3.8) is 0 Å². The van der Waals surface area contributed by atoms with E-state index in [0.29, 0.717) is 12.1 Å². The molecular formula is C20H17NO3. The maximum atomic E-state index is 13.0. The number of hydrogen-bond acceptors (Lipinski definition) is 3. The van der Waals surface area contributed by atoms with Crippen molar-refractivity contribution >= 4 is 34.1 Å². The molecule has 4 fully saturated rings. The normalized spacial score (nSPS) is 31.8. The Morgan fingerprint density at radius 2 is 1.58 bits per heavy atom. The van der Waals surface area contributed by atoms with E-state index < -0.39 is 5.92 Å². The van der Waals surface area contributed by atoms with Crippen molar-refractivity contribution in [2.45, 2.75) is 19.3 Å². The van der Waals surface area contributed by atoms with Crippen molar-refractivity contribution in [3.8, 4) is 0 Å². The molecule has 0 N–H and O–H groups in total. The van der Waals surface area contributed by atoms with E-state index in [-0.39, 0.29) is 35.4 Å². The predicted molar refractivity (Wildman–Crippen MR) is 89.3 cm³/mol. The van der Waals surface area contributed by atoms with Crippen LogP contribution in [0.1, 0.15) is 19.3 Å². The van der Waals surface area contributed by atoms with Gasteiger partial charge in [0.25, 0.3) is 0 Å². The van der Waals surface area contributed by atoms with E-state index in [1.165, 1.54) is 4.90 Å². The van der Waals surface area contributed by atoms with Crippen LogP contribution >= 0.6 is 0 Å². The summed E-state index contributed by atoms with van der Waals surface area (Å²) in [5.41, 5.74) is 0.630. The molecule has 1 heterocycles. The molecule has 0 unspecified atom stereocenters. The molecule has 4 heteroatoms. The number of fused-ring (bicyclic) bond motifs is 3. The van der Waals surface area contributed by atoms with Crippen LogP contribution < -0.4 is 4.90 Å². The van der Waals surface area contributed by atoms with E-state index in [0.717, 1.165) is 23.6 Å². The summed E-state index contributed by atoms with van der Waals surface area (Å²) in [6, 6.07) is 13.6. The number of carbonyl (C=O) groups excluding carboxylic acids is 3. The molecule has 3 aliphatic carbocycles. The molecule has 1 aliphatic heterocycles. The van der Waals surface area contributed by atoms with Gasteiger partial charge in [-0.3, -0.25) is 19.3 Å². The van der Waals surface area contributed by atoms with Gasteiger partial charge in [0.05, 0.1) is 17.5 Å². The van der Waals surface area contributed by atoms with Gasteiger partial charge >= 0.3 is 0 Å². The van der Waals surface area contributed by atoms with Gasteiger partial charge < -0.3 is 0 Å². The first-order valence-electron chi connectivity index (χ1n) is 8.54. The molecule has 0 radical (unpaired) electrons. The molecule has 1 saturated heterocycles. The Balaban J connectivity index is 1.60. The van der Waals surface area contributed by atoms with Crippen LogP contribution in [0.15, 0.2) is 42.5 Å². The van der Waals surface area contributed by atoms with E-state index in [2.05, 4.69) is 0 Å². The summed E-state index contributed by atoms with van der Waals surface area (Å²) < 4.78 is 0. The van der Waals surface area contributed by atoms with E-state index >= 15 is 0 Å². The van der Waals surface area contributed by atoms with E-state index in [9.17, 15) is 14.4 Å². The second kappa shape index (κ2) is 4.76. The fourth-order valence-electron chi connectivity index (χ4n) is 4.95. The van der Waals surface area contributed by atoms with Crippen LogP contribution in [0.2, 0.25) is 0 Å². The summed E-state index contributed by atoms with van der Waals surface area (Å²) in [7, 11) is 0. The molecule has 0 aromatic heterocycles. The second-order valence-electron chi connectivity index (χ2n) is 7.21. The SMILES string of the molecule is O=C1C[C@@H]2CC[C@H]1[C@@H]1C(=O)N(c3ccc4ccccc4c3)C(=O)[C@H]21. The van der Waals surface area contributed by atoms with Crippen LogP contribution in [0.5, 0.6) is 0 Å². The fraction of sp³-hybridized carbons (Fsp3) is 0.350. The number of anilines is 1. The van der Waals surface area contributed by atoms with Crippen molar-refractivity contribution < 1.29 is 14.4 Å². The number of amides is 2. The van der Waals surface area contributed by atoms with Crippen molar-refractivity contribution in [3.05, 3.63) is 42.5 Å². The molecule has 2 aromatic rings. The molecule has 4 atom stereocenters. The number of nitrogens with zero attached hydrogens (tertiary/aromatic N) is 1. The molecule has 24 heavy (non-hydrogen) atoms. The number of rotatable bonds is 1. The van der Waals surface area contributed by atoms with Gasteiger partial charge in [-0.25, -0.2) is 0 Å². The zero-order valence-corrected chi connectivity index (χ0v) is 13.1. The molecule has 4 nitrogen and oxygen atoms in total. The molecule has 4 aliphatic rings. The molecule has 120 valence electrons. The smallest absolute Gasteiger partial charge is 0.238 e. The summed E-state index contributed by atoms with van der Waals surface area (Å²) in [5, 5.41) is 2.08. The van der Waals surface area contributed by atoms with Crippen molar-refractivity contribution in [1.29, 1.82) is 0 Å². The first-order chi connectivity index (χ1) is 11.6. The molecule has 6 rings (SSSR count). The van der Waals surface area contributed by atoms with E-state index in [4.69, 9.17) is 0 Å². The minimum absolute atomic E-state index is 0.0504. The van der Waals surface area contributed by atoms with Crippen LogP contribution in [0, 0.1) is 23.7 Å². The minimum Gasteiger partial charge on any atom is -0.299 e.